The van der Waals surface area contributed by atoms with Gasteiger partial charge in [-0.25, -0.2) is 0 Å². The van der Waals surface area contributed by atoms with Gasteiger partial charge in [0.1, 0.15) is 6.61 Å². The van der Waals surface area contributed by atoms with E-state index >= 15 is 0 Å². The van der Waals surface area contributed by atoms with Gasteiger partial charge in [-0.15, -0.1) is 0 Å². The standard InChI is InChI=1S/C15H23BrO3/c1-4-18-15-9-13(10-16)5-6-14(15)19-8-7-17-11-12(2)3/h5-6,9,12H,4,7-8,10-11H2,1-3H3. The molecule has 108 valence electrons. The molecule has 0 aliphatic heterocycles. The molecule has 0 unspecified atom stereocenters. The smallest absolute Gasteiger partial charge is 0.161 e. The van der Waals surface area contributed by atoms with Gasteiger partial charge in [-0.3, -0.25) is 0 Å². The van der Waals surface area contributed by atoms with E-state index < -0.39 is 0 Å². The van der Waals surface area contributed by atoms with Crippen molar-refractivity contribution < 1.29 is 14.2 Å². The number of hydrogen-bond acceptors (Lipinski definition) is 3. The molecule has 0 bridgehead atoms. The van der Waals surface area contributed by atoms with Gasteiger partial charge in [0.15, 0.2) is 11.5 Å². The zero-order chi connectivity index (χ0) is 14.1. The Morgan fingerprint density at radius 1 is 1.11 bits per heavy atom. The first-order chi connectivity index (χ1) is 9.17. The molecular weight excluding hydrogens is 308 g/mol. The van der Waals surface area contributed by atoms with Crippen LogP contribution in [0.5, 0.6) is 11.5 Å². The molecule has 1 rings (SSSR count). The lowest BCUT2D eigenvalue weighted by molar-refractivity contribution is 0.0808. The van der Waals surface area contributed by atoms with Crippen LogP contribution >= 0.6 is 15.9 Å². The third-order valence-electron chi connectivity index (χ3n) is 2.40. The highest BCUT2D eigenvalue weighted by Crippen LogP contribution is 2.29. The summed E-state index contributed by atoms with van der Waals surface area (Å²) in [4.78, 5) is 0. The SMILES string of the molecule is CCOc1cc(CBr)ccc1OCCOCC(C)C. The minimum atomic E-state index is 0.542. The van der Waals surface area contributed by atoms with Crippen molar-refractivity contribution in [3.63, 3.8) is 0 Å². The van der Waals surface area contributed by atoms with Crippen molar-refractivity contribution >= 4 is 15.9 Å². The highest BCUT2D eigenvalue weighted by molar-refractivity contribution is 9.08. The van der Waals surface area contributed by atoms with Crippen LogP contribution in [0.3, 0.4) is 0 Å². The minimum absolute atomic E-state index is 0.542. The second kappa shape index (κ2) is 9.21. The first kappa shape index (κ1) is 16.3. The molecule has 0 heterocycles. The van der Waals surface area contributed by atoms with Crippen LogP contribution in [0.15, 0.2) is 18.2 Å². The van der Waals surface area contributed by atoms with Crippen LogP contribution in [-0.2, 0) is 10.1 Å². The van der Waals surface area contributed by atoms with Crippen LogP contribution in [0.25, 0.3) is 0 Å². The van der Waals surface area contributed by atoms with Crippen molar-refractivity contribution in [2.24, 2.45) is 5.92 Å². The summed E-state index contributed by atoms with van der Waals surface area (Å²) < 4.78 is 16.8. The molecule has 0 aromatic heterocycles. The molecule has 4 heteroatoms. The lowest BCUT2D eigenvalue weighted by Crippen LogP contribution is -2.10. The van der Waals surface area contributed by atoms with Gasteiger partial charge in [0.2, 0.25) is 0 Å². The average Bonchev–Trinajstić information content (AvgIpc) is 2.39. The van der Waals surface area contributed by atoms with E-state index in [9.17, 15) is 0 Å². The van der Waals surface area contributed by atoms with E-state index in [0.717, 1.165) is 23.4 Å². The minimum Gasteiger partial charge on any atom is -0.490 e. The van der Waals surface area contributed by atoms with E-state index in [2.05, 4.69) is 29.8 Å². The molecule has 0 aliphatic rings. The van der Waals surface area contributed by atoms with Crippen LogP contribution in [0.4, 0.5) is 0 Å². The molecule has 0 N–H and O–H groups in total. The molecule has 3 nitrogen and oxygen atoms in total. The Morgan fingerprint density at radius 2 is 1.89 bits per heavy atom. The average molecular weight is 331 g/mol. The summed E-state index contributed by atoms with van der Waals surface area (Å²) in [6.07, 6.45) is 0. The fourth-order valence-electron chi connectivity index (χ4n) is 1.55. The van der Waals surface area contributed by atoms with Gasteiger partial charge in [-0.1, -0.05) is 35.8 Å². The summed E-state index contributed by atoms with van der Waals surface area (Å²) in [6, 6.07) is 5.98. The molecule has 0 amide bonds. The topological polar surface area (TPSA) is 27.7 Å². The number of benzene rings is 1. The van der Waals surface area contributed by atoms with Gasteiger partial charge in [-0.05, 0) is 30.5 Å². The molecule has 0 saturated heterocycles. The van der Waals surface area contributed by atoms with Crippen molar-refractivity contribution in [1.82, 2.24) is 0 Å². The Balaban J connectivity index is 2.47. The summed E-state index contributed by atoms with van der Waals surface area (Å²) in [7, 11) is 0. The summed E-state index contributed by atoms with van der Waals surface area (Å²) in [5.41, 5.74) is 1.17. The van der Waals surface area contributed by atoms with E-state index in [1.165, 1.54) is 5.56 Å². The lowest BCUT2D eigenvalue weighted by Gasteiger charge is -2.13. The van der Waals surface area contributed by atoms with Crippen LogP contribution in [0.1, 0.15) is 26.3 Å². The van der Waals surface area contributed by atoms with Crippen molar-refractivity contribution in [1.29, 1.82) is 0 Å². The second-order valence-corrected chi connectivity index (χ2v) is 5.23. The van der Waals surface area contributed by atoms with Crippen molar-refractivity contribution in [2.75, 3.05) is 26.4 Å². The van der Waals surface area contributed by atoms with E-state index in [-0.39, 0.29) is 0 Å². The van der Waals surface area contributed by atoms with E-state index in [1.54, 1.807) is 0 Å². The summed E-state index contributed by atoms with van der Waals surface area (Å²) >= 11 is 3.44. The highest BCUT2D eigenvalue weighted by Gasteiger charge is 2.06. The Hall–Kier alpha value is -0.740. The largest absolute Gasteiger partial charge is 0.490 e. The van der Waals surface area contributed by atoms with Crippen molar-refractivity contribution in [3.8, 4) is 11.5 Å². The van der Waals surface area contributed by atoms with Gasteiger partial charge in [0.25, 0.3) is 0 Å². The zero-order valence-electron chi connectivity index (χ0n) is 11.9. The molecule has 0 aliphatic carbocycles. The molecule has 0 radical (unpaired) electrons. The van der Waals surface area contributed by atoms with E-state index in [1.807, 2.05) is 25.1 Å². The lowest BCUT2D eigenvalue weighted by atomic mass is 10.2. The van der Waals surface area contributed by atoms with Crippen LogP contribution in [0.2, 0.25) is 0 Å². The quantitative estimate of drug-likeness (QED) is 0.505. The van der Waals surface area contributed by atoms with Gasteiger partial charge in [0.05, 0.1) is 13.2 Å². The maximum absolute atomic E-state index is 5.71. The summed E-state index contributed by atoms with van der Waals surface area (Å²) in [5.74, 6) is 2.13. The van der Waals surface area contributed by atoms with Crippen LogP contribution < -0.4 is 9.47 Å². The number of alkyl halides is 1. The molecule has 1 aromatic carbocycles. The third kappa shape index (κ3) is 6.30. The molecule has 0 saturated carbocycles. The van der Waals surface area contributed by atoms with Crippen molar-refractivity contribution in [2.45, 2.75) is 26.1 Å². The number of hydrogen-bond donors (Lipinski definition) is 0. The Morgan fingerprint density at radius 3 is 2.53 bits per heavy atom. The summed E-state index contributed by atoms with van der Waals surface area (Å²) in [6.45, 7) is 8.77. The maximum atomic E-state index is 5.71. The van der Waals surface area contributed by atoms with Gasteiger partial charge in [-0.2, -0.15) is 0 Å². The van der Waals surface area contributed by atoms with Gasteiger partial charge in [0, 0.05) is 11.9 Å². The fraction of sp³-hybridized carbons (Fsp3) is 0.600. The normalized spacial score (nSPS) is 10.8. The Labute approximate surface area is 124 Å². The molecule has 0 fully saturated rings. The highest BCUT2D eigenvalue weighted by atomic mass is 79.9. The molecule has 0 spiro atoms. The molecular formula is C15H23BrO3. The zero-order valence-corrected chi connectivity index (χ0v) is 13.5. The maximum Gasteiger partial charge on any atom is 0.161 e. The number of ether oxygens (including phenoxy) is 3. The first-order valence-corrected chi connectivity index (χ1v) is 7.81. The Kier molecular flexibility index (Phi) is 7.91. The van der Waals surface area contributed by atoms with Crippen LogP contribution in [-0.4, -0.2) is 26.4 Å². The first-order valence-electron chi connectivity index (χ1n) is 6.69. The molecule has 0 atom stereocenters. The Bertz CT molecular complexity index is 366. The second-order valence-electron chi connectivity index (χ2n) is 4.66. The van der Waals surface area contributed by atoms with Gasteiger partial charge >= 0.3 is 0 Å². The third-order valence-corrected chi connectivity index (χ3v) is 3.05. The predicted molar refractivity (Wildman–Crippen MR) is 81.4 cm³/mol. The summed E-state index contributed by atoms with van der Waals surface area (Å²) in [5, 5.41) is 0.810. The van der Waals surface area contributed by atoms with Crippen LogP contribution in [0, 0.1) is 5.92 Å². The predicted octanol–water partition coefficient (Wildman–Crippen LogP) is 4.03. The number of rotatable bonds is 9. The molecule has 19 heavy (non-hydrogen) atoms. The molecule has 1 aromatic rings. The van der Waals surface area contributed by atoms with Crippen molar-refractivity contribution in [3.05, 3.63) is 23.8 Å². The van der Waals surface area contributed by atoms with E-state index in [4.69, 9.17) is 14.2 Å². The monoisotopic (exact) mass is 330 g/mol. The van der Waals surface area contributed by atoms with E-state index in [0.29, 0.717) is 25.7 Å². The van der Waals surface area contributed by atoms with Gasteiger partial charge < -0.3 is 14.2 Å². The fourth-order valence-corrected chi connectivity index (χ4v) is 1.90. The number of halogens is 1.